The van der Waals surface area contributed by atoms with Crippen LogP contribution < -0.4 is 15.5 Å². The van der Waals surface area contributed by atoms with Crippen LogP contribution in [0.5, 0.6) is 5.75 Å². The SMILES string of the molecule is COc1ccc(NCC(=O)N/N=C(/C)c2cc(C)sc2C)cc1. The highest BCUT2D eigenvalue weighted by molar-refractivity contribution is 7.12. The second kappa shape index (κ2) is 7.78. The number of methoxy groups -OCH3 is 1. The van der Waals surface area contributed by atoms with Crippen molar-refractivity contribution < 1.29 is 9.53 Å². The maximum Gasteiger partial charge on any atom is 0.259 e. The third-order valence-electron chi connectivity index (χ3n) is 3.32. The first-order valence-corrected chi connectivity index (χ1v) is 8.09. The molecule has 0 radical (unpaired) electrons. The Bertz CT molecular complexity index is 705. The van der Waals surface area contributed by atoms with Crippen molar-refractivity contribution in [3.63, 3.8) is 0 Å². The summed E-state index contributed by atoms with van der Waals surface area (Å²) in [5.41, 5.74) is 5.32. The van der Waals surface area contributed by atoms with Gasteiger partial charge in [-0.2, -0.15) is 5.10 Å². The minimum absolute atomic E-state index is 0.157. The second-order valence-corrected chi connectivity index (χ2v) is 6.60. The molecule has 122 valence electrons. The summed E-state index contributed by atoms with van der Waals surface area (Å²) in [6.07, 6.45) is 0. The zero-order valence-electron chi connectivity index (χ0n) is 13.8. The molecular weight excluding hydrogens is 310 g/mol. The van der Waals surface area contributed by atoms with E-state index in [2.05, 4.69) is 35.8 Å². The molecule has 0 bridgehead atoms. The van der Waals surface area contributed by atoms with E-state index in [9.17, 15) is 4.79 Å². The van der Waals surface area contributed by atoms with Gasteiger partial charge in [0.15, 0.2) is 0 Å². The Balaban J connectivity index is 1.86. The first-order valence-electron chi connectivity index (χ1n) is 7.28. The number of hydrazone groups is 1. The topological polar surface area (TPSA) is 62.7 Å². The molecular formula is C17H21N3O2S. The summed E-state index contributed by atoms with van der Waals surface area (Å²) >= 11 is 1.73. The van der Waals surface area contributed by atoms with Gasteiger partial charge < -0.3 is 10.1 Å². The lowest BCUT2D eigenvalue weighted by molar-refractivity contribution is -0.119. The lowest BCUT2D eigenvalue weighted by Crippen LogP contribution is -2.26. The van der Waals surface area contributed by atoms with Crippen LogP contribution in [0.15, 0.2) is 35.4 Å². The fraction of sp³-hybridized carbons (Fsp3) is 0.294. The second-order valence-electron chi connectivity index (χ2n) is 5.14. The van der Waals surface area contributed by atoms with Crippen molar-refractivity contribution in [2.45, 2.75) is 20.8 Å². The van der Waals surface area contributed by atoms with Crippen LogP contribution in [0.2, 0.25) is 0 Å². The molecule has 0 aliphatic carbocycles. The van der Waals surface area contributed by atoms with Crippen LogP contribution in [-0.2, 0) is 4.79 Å². The van der Waals surface area contributed by atoms with Gasteiger partial charge in [0.05, 0.1) is 19.4 Å². The summed E-state index contributed by atoms with van der Waals surface area (Å²) in [6.45, 7) is 6.17. The highest BCUT2D eigenvalue weighted by Crippen LogP contribution is 2.21. The molecule has 0 aliphatic heterocycles. The van der Waals surface area contributed by atoms with Gasteiger partial charge in [0.1, 0.15) is 5.75 Å². The van der Waals surface area contributed by atoms with E-state index in [0.717, 1.165) is 22.7 Å². The Labute approximate surface area is 140 Å². The van der Waals surface area contributed by atoms with Gasteiger partial charge in [-0.05, 0) is 51.1 Å². The summed E-state index contributed by atoms with van der Waals surface area (Å²) in [5, 5.41) is 7.21. The van der Waals surface area contributed by atoms with Crippen molar-refractivity contribution in [2.24, 2.45) is 5.10 Å². The molecule has 1 aromatic heterocycles. The van der Waals surface area contributed by atoms with Gasteiger partial charge in [-0.25, -0.2) is 5.43 Å². The molecule has 23 heavy (non-hydrogen) atoms. The van der Waals surface area contributed by atoms with Crippen LogP contribution >= 0.6 is 11.3 Å². The molecule has 1 aromatic carbocycles. The van der Waals surface area contributed by atoms with E-state index in [1.807, 2.05) is 31.2 Å². The van der Waals surface area contributed by atoms with E-state index in [0.29, 0.717) is 0 Å². The zero-order chi connectivity index (χ0) is 16.8. The largest absolute Gasteiger partial charge is 0.497 e. The van der Waals surface area contributed by atoms with Crippen LogP contribution in [-0.4, -0.2) is 25.3 Å². The Kier molecular flexibility index (Phi) is 5.76. The van der Waals surface area contributed by atoms with Crippen LogP contribution in [0, 0.1) is 13.8 Å². The van der Waals surface area contributed by atoms with Crippen molar-refractivity contribution in [1.29, 1.82) is 0 Å². The first kappa shape index (κ1) is 17.0. The molecule has 0 saturated heterocycles. The highest BCUT2D eigenvalue weighted by atomic mass is 32.1. The van der Waals surface area contributed by atoms with E-state index < -0.39 is 0 Å². The first-order chi connectivity index (χ1) is 11.0. The van der Waals surface area contributed by atoms with E-state index in [4.69, 9.17) is 4.74 Å². The van der Waals surface area contributed by atoms with Gasteiger partial charge in [-0.1, -0.05) is 0 Å². The number of nitrogens with one attached hydrogen (secondary N) is 2. The lowest BCUT2D eigenvalue weighted by atomic mass is 10.2. The standard InChI is InChI=1S/C17H21N3O2S/c1-11-9-16(13(3)23-11)12(2)19-20-17(21)10-18-14-5-7-15(22-4)8-6-14/h5-9,18H,10H2,1-4H3,(H,20,21)/b19-12-. The van der Waals surface area contributed by atoms with Crippen molar-refractivity contribution in [3.05, 3.63) is 45.6 Å². The normalized spacial score (nSPS) is 11.2. The summed E-state index contributed by atoms with van der Waals surface area (Å²) < 4.78 is 5.09. The van der Waals surface area contributed by atoms with Gasteiger partial charge in [-0.3, -0.25) is 4.79 Å². The van der Waals surface area contributed by atoms with Crippen molar-refractivity contribution in [3.8, 4) is 5.75 Å². The Morgan fingerprint density at radius 2 is 1.96 bits per heavy atom. The van der Waals surface area contributed by atoms with Gasteiger partial charge in [0.2, 0.25) is 0 Å². The average molecular weight is 331 g/mol. The molecule has 0 saturated carbocycles. The predicted molar refractivity (Wildman–Crippen MR) is 95.6 cm³/mol. The Morgan fingerprint density at radius 1 is 1.26 bits per heavy atom. The Morgan fingerprint density at radius 3 is 2.52 bits per heavy atom. The minimum atomic E-state index is -0.190. The van der Waals surface area contributed by atoms with Crippen molar-refractivity contribution in [1.82, 2.24) is 5.43 Å². The maximum absolute atomic E-state index is 11.9. The summed E-state index contributed by atoms with van der Waals surface area (Å²) in [6, 6.07) is 9.48. The summed E-state index contributed by atoms with van der Waals surface area (Å²) in [4.78, 5) is 14.3. The Hall–Kier alpha value is -2.34. The third-order valence-corrected chi connectivity index (χ3v) is 4.29. The number of thiophene rings is 1. The quantitative estimate of drug-likeness (QED) is 0.630. The number of carbonyl (C=O) groups excluding carboxylic acids is 1. The number of benzene rings is 1. The highest BCUT2D eigenvalue weighted by Gasteiger charge is 2.07. The zero-order valence-corrected chi connectivity index (χ0v) is 14.6. The molecule has 1 amide bonds. The number of nitrogens with zero attached hydrogens (tertiary/aromatic N) is 1. The molecule has 0 atom stereocenters. The summed E-state index contributed by atoms with van der Waals surface area (Å²) in [5.74, 6) is 0.589. The number of hydrogen-bond acceptors (Lipinski definition) is 5. The smallest absolute Gasteiger partial charge is 0.259 e. The van der Waals surface area contributed by atoms with E-state index in [1.165, 1.54) is 9.75 Å². The molecule has 5 nitrogen and oxygen atoms in total. The maximum atomic E-state index is 11.9. The molecule has 1 heterocycles. The number of amides is 1. The molecule has 0 unspecified atom stereocenters. The van der Waals surface area contributed by atoms with Gasteiger partial charge in [0.25, 0.3) is 5.91 Å². The monoisotopic (exact) mass is 331 g/mol. The van der Waals surface area contributed by atoms with E-state index in [1.54, 1.807) is 18.4 Å². The molecule has 0 aliphatic rings. The number of ether oxygens (including phenoxy) is 1. The number of anilines is 1. The molecule has 2 aromatic rings. The van der Waals surface area contributed by atoms with Crippen LogP contribution in [0.4, 0.5) is 5.69 Å². The average Bonchev–Trinajstić information content (AvgIpc) is 2.89. The van der Waals surface area contributed by atoms with Crippen molar-refractivity contribution in [2.75, 3.05) is 19.0 Å². The summed E-state index contributed by atoms with van der Waals surface area (Å²) in [7, 11) is 1.62. The predicted octanol–water partition coefficient (Wildman–Crippen LogP) is 3.33. The molecule has 0 fully saturated rings. The van der Waals surface area contributed by atoms with Crippen LogP contribution in [0.1, 0.15) is 22.2 Å². The number of carbonyl (C=O) groups is 1. The number of aryl methyl sites for hydroxylation is 2. The minimum Gasteiger partial charge on any atom is -0.497 e. The van der Waals surface area contributed by atoms with E-state index >= 15 is 0 Å². The molecule has 6 heteroatoms. The molecule has 0 spiro atoms. The van der Waals surface area contributed by atoms with Crippen molar-refractivity contribution >= 4 is 28.6 Å². The van der Waals surface area contributed by atoms with Gasteiger partial charge in [-0.15, -0.1) is 11.3 Å². The van der Waals surface area contributed by atoms with Gasteiger partial charge >= 0.3 is 0 Å². The third kappa shape index (κ3) is 4.82. The number of hydrogen-bond donors (Lipinski definition) is 2. The van der Waals surface area contributed by atoms with Crippen LogP contribution in [0.25, 0.3) is 0 Å². The number of rotatable bonds is 6. The van der Waals surface area contributed by atoms with Gasteiger partial charge in [0, 0.05) is 21.0 Å². The van der Waals surface area contributed by atoms with Crippen LogP contribution in [0.3, 0.4) is 0 Å². The lowest BCUT2D eigenvalue weighted by Gasteiger charge is -2.07. The van der Waals surface area contributed by atoms with E-state index in [-0.39, 0.29) is 12.5 Å². The fourth-order valence-electron chi connectivity index (χ4n) is 2.13. The molecule has 2 N–H and O–H groups in total. The molecule has 2 rings (SSSR count). The fourth-order valence-corrected chi connectivity index (χ4v) is 3.10.